The number of aromatic nitrogens is 3. The minimum atomic E-state index is -0.911. The molecular weight excluding hydrogens is 218 g/mol. The van der Waals surface area contributed by atoms with Crippen LogP contribution in [0.15, 0.2) is 30.9 Å². The normalized spacial score (nSPS) is 11.0. The van der Waals surface area contributed by atoms with E-state index in [9.17, 15) is 4.79 Å². The van der Waals surface area contributed by atoms with Gasteiger partial charge in [0.05, 0.1) is 18.6 Å². The molecule has 0 saturated carbocycles. The molecule has 0 amide bonds. The molecule has 1 N–H and O–H groups in total. The van der Waals surface area contributed by atoms with E-state index in [-0.39, 0.29) is 0 Å². The molecule has 0 saturated heterocycles. The maximum Gasteiger partial charge on any atom is 0.352 e. The van der Waals surface area contributed by atoms with Gasteiger partial charge in [-0.2, -0.15) is 0 Å². The summed E-state index contributed by atoms with van der Waals surface area (Å²) in [4.78, 5) is 15.1. The van der Waals surface area contributed by atoms with Crippen LogP contribution in [0.4, 0.5) is 0 Å². The number of hydrogen-bond acceptors (Lipinski definition) is 2. The highest BCUT2D eigenvalue weighted by atomic mass is 16.4. The number of carbonyl (C=O) groups is 1. The summed E-state index contributed by atoms with van der Waals surface area (Å²) in [6.45, 7) is 4.66. The summed E-state index contributed by atoms with van der Waals surface area (Å²) >= 11 is 0. The maximum atomic E-state index is 11.0. The predicted octanol–water partition coefficient (Wildman–Crippen LogP) is 2.01. The van der Waals surface area contributed by atoms with Gasteiger partial charge in [-0.05, 0) is 26.0 Å². The Bertz CT molecular complexity index is 525. The molecule has 0 atom stereocenters. The van der Waals surface area contributed by atoms with Crippen molar-refractivity contribution in [3.63, 3.8) is 0 Å². The fourth-order valence-corrected chi connectivity index (χ4v) is 1.84. The van der Waals surface area contributed by atoms with Gasteiger partial charge >= 0.3 is 5.97 Å². The third kappa shape index (κ3) is 2.22. The van der Waals surface area contributed by atoms with Crippen LogP contribution in [-0.4, -0.2) is 25.2 Å². The topological polar surface area (TPSA) is 60.0 Å². The molecule has 2 heterocycles. The molecule has 0 fully saturated rings. The maximum absolute atomic E-state index is 11.0. The molecule has 0 aliphatic heterocycles. The Labute approximate surface area is 99.3 Å². The summed E-state index contributed by atoms with van der Waals surface area (Å²) in [5, 5.41) is 9.02. The molecule has 2 rings (SSSR count). The Morgan fingerprint density at radius 2 is 2.29 bits per heavy atom. The molecule has 0 aliphatic carbocycles. The van der Waals surface area contributed by atoms with E-state index in [1.807, 2.05) is 4.57 Å². The van der Waals surface area contributed by atoms with E-state index in [1.54, 1.807) is 35.4 Å². The molecule has 0 spiro atoms. The fraction of sp³-hybridized carbons (Fsp3) is 0.333. The van der Waals surface area contributed by atoms with Crippen LogP contribution in [0.1, 0.15) is 36.1 Å². The van der Waals surface area contributed by atoms with Gasteiger partial charge in [-0.3, -0.25) is 0 Å². The quantitative estimate of drug-likeness (QED) is 0.878. The second-order valence-corrected chi connectivity index (χ2v) is 4.21. The SMILES string of the molecule is CC(C)n1cncc1Cn1cccc1C(=O)O. The van der Waals surface area contributed by atoms with Crippen molar-refractivity contribution in [1.82, 2.24) is 14.1 Å². The molecule has 5 heteroatoms. The van der Waals surface area contributed by atoms with Crippen molar-refractivity contribution in [1.29, 1.82) is 0 Å². The first kappa shape index (κ1) is 11.4. The Kier molecular flexibility index (Phi) is 2.99. The molecule has 0 aromatic carbocycles. The molecule has 0 unspecified atom stereocenters. The Morgan fingerprint density at radius 1 is 1.53 bits per heavy atom. The first-order valence-electron chi connectivity index (χ1n) is 5.48. The molecule has 5 nitrogen and oxygen atoms in total. The first-order valence-corrected chi connectivity index (χ1v) is 5.48. The van der Waals surface area contributed by atoms with Crippen molar-refractivity contribution in [2.24, 2.45) is 0 Å². The van der Waals surface area contributed by atoms with Crippen molar-refractivity contribution in [3.8, 4) is 0 Å². The Balaban J connectivity index is 2.29. The van der Waals surface area contributed by atoms with E-state index in [0.717, 1.165) is 5.69 Å². The summed E-state index contributed by atoms with van der Waals surface area (Å²) in [5.74, 6) is -0.911. The van der Waals surface area contributed by atoms with Crippen molar-refractivity contribution >= 4 is 5.97 Å². The third-order valence-corrected chi connectivity index (χ3v) is 2.68. The van der Waals surface area contributed by atoms with Crippen molar-refractivity contribution in [2.45, 2.75) is 26.4 Å². The molecular formula is C12H15N3O2. The van der Waals surface area contributed by atoms with Crippen LogP contribution in [0.5, 0.6) is 0 Å². The monoisotopic (exact) mass is 233 g/mol. The van der Waals surface area contributed by atoms with E-state index >= 15 is 0 Å². The lowest BCUT2D eigenvalue weighted by molar-refractivity contribution is 0.0685. The summed E-state index contributed by atoms with van der Waals surface area (Å²) in [7, 11) is 0. The van der Waals surface area contributed by atoms with Gasteiger partial charge in [0, 0.05) is 18.4 Å². The molecule has 0 bridgehead atoms. The van der Waals surface area contributed by atoms with Crippen LogP contribution in [-0.2, 0) is 6.54 Å². The van der Waals surface area contributed by atoms with Gasteiger partial charge in [0.1, 0.15) is 5.69 Å². The molecule has 17 heavy (non-hydrogen) atoms. The predicted molar refractivity (Wildman–Crippen MR) is 63.1 cm³/mol. The van der Waals surface area contributed by atoms with Crippen molar-refractivity contribution in [3.05, 3.63) is 42.2 Å². The second kappa shape index (κ2) is 4.45. The van der Waals surface area contributed by atoms with Crippen LogP contribution < -0.4 is 0 Å². The number of hydrogen-bond donors (Lipinski definition) is 1. The molecule has 0 radical (unpaired) electrons. The highest BCUT2D eigenvalue weighted by Gasteiger charge is 2.11. The summed E-state index contributed by atoms with van der Waals surface area (Å²) in [6.07, 6.45) is 5.30. The smallest absolute Gasteiger partial charge is 0.352 e. The van der Waals surface area contributed by atoms with Crippen molar-refractivity contribution in [2.75, 3.05) is 0 Å². The number of carboxylic acid groups (broad SMARTS) is 1. The van der Waals surface area contributed by atoms with E-state index in [1.165, 1.54) is 0 Å². The molecule has 0 aliphatic rings. The number of nitrogens with zero attached hydrogens (tertiary/aromatic N) is 3. The summed E-state index contributed by atoms with van der Waals surface area (Å²) in [5.41, 5.74) is 1.29. The van der Waals surface area contributed by atoms with Gasteiger partial charge in [0.25, 0.3) is 0 Å². The Hall–Kier alpha value is -2.04. The summed E-state index contributed by atoms with van der Waals surface area (Å²) < 4.78 is 3.74. The first-order chi connectivity index (χ1) is 8.09. The van der Waals surface area contributed by atoms with E-state index in [4.69, 9.17) is 5.11 Å². The van der Waals surface area contributed by atoms with Crippen LogP contribution in [0.25, 0.3) is 0 Å². The number of rotatable bonds is 4. The molecule has 90 valence electrons. The van der Waals surface area contributed by atoms with Gasteiger partial charge < -0.3 is 14.2 Å². The second-order valence-electron chi connectivity index (χ2n) is 4.21. The minimum Gasteiger partial charge on any atom is -0.477 e. The lowest BCUT2D eigenvalue weighted by atomic mass is 10.3. The van der Waals surface area contributed by atoms with Crippen molar-refractivity contribution < 1.29 is 9.90 Å². The van der Waals surface area contributed by atoms with E-state index in [2.05, 4.69) is 18.8 Å². The molecule has 2 aromatic heterocycles. The van der Waals surface area contributed by atoms with E-state index < -0.39 is 5.97 Å². The van der Waals surface area contributed by atoms with Gasteiger partial charge in [0.2, 0.25) is 0 Å². The Morgan fingerprint density at radius 3 is 2.94 bits per heavy atom. The lowest BCUT2D eigenvalue weighted by Gasteiger charge is -2.13. The van der Waals surface area contributed by atoms with Crippen LogP contribution in [0, 0.1) is 0 Å². The minimum absolute atomic E-state index is 0.293. The third-order valence-electron chi connectivity index (χ3n) is 2.68. The van der Waals surface area contributed by atoms with Crippen LogP contribution >= 0.6 is 0 Å². The standard InChI is InChI=1S/C12H15N3O2/c1-9(2)15-8-13-6-10(15)7-14-5-3-4-11(14)12(16)17/h3-6,8-9H,7H2,1-2H3,(H,16,17). The fourth-order valence-electron chi connectivity index (χ4n) is 1.84. The zero-order valence-electron chi connectivity index (χ0n) is 9.87. The van der Waals surface area contributed by atoms with Crippen LogP contribution in [0.2, 0.25) is 0 Å². The number of carboxylic acids is 1. The molecule has 2 aromatic rings. The van der Waals surface area contributed by atoms with Crippen LogP contribution in [0.3, 0.4) is 0 Å². The number of aromatic carboxylic acids is 1. The highest BCUT2D eigenvalue weighted by Crippen LogP contribution is 2.12. The number of imidazole rings is 1. The lowest BCUT2D eigenvalue weighted by Crippen LogP contribution is -2.12. The average Bonchev–Trinajstić information content (AvgIpc) is 2.86. The summed E-state index contributed by atoms with van der Waals surface area (Å²) in [6, 6.07) is 3.65. The van der Waals surface area contributed by atoms with Gasteiger partial charge in [0.15, 0.2) is 0 Å². The largest absolute Gasteiger partial charge is 0.477 e. The van der Waals surface area contributed by atoms with E-state index in [0.29, 0.717) is 18.3 Å². The van der Waals surface area contributed by atoms with Gasteiger partial charge in [-0.15, -0.1) is 0 Å². The average molecular weight is 233 g/mol. The zero-order chi connectivity index (χ0) is 12.4. The van der Waals surface area contributed by atoms with Gasteiger partial charge in [-0.25, -0.2) is 9.78 Å². The zero-order valence-corrected chi connectivity index (χ0v) is 9.87. The highest BCUT2D eigenvalue weighted by molar-refractivity contribution is 5.85. The van der Waals surface area contributed by atoms with Gasteiger partial charge in [-0.1, -0.05) is 0 Å².